The van der Waals surface area contributed by atoms with Crippen LogP contribution >= 0.6 is 0 Å². The van der Waals surface area contributed by atoms with Crippen LogP contribution in [0.5, 0.6) is 0 Å². The standard InChI is InChI=1S/C12H25N3O3/c1-13-7-5-9-15(2)10-11(16)14-8-4-6-12(17)18-3/h13H,4-10H2,1-3H3,(H,14,16). The fourth-order valence-corrected chi connectivity index (χ4v) is 1.47. The number of carbonyl (C=O) groups excluding carboxylic acids is 2. The van der Waals surface area contributed by atoms with Crippen molar-refractivity contribution in [3.8, 4) is 0 Å². The number of nitrogens with zero attached hydrogens (tertiary/aromatic N) is 1. The summed E-state index contributed by atoms with van der Waals surface area (Å²) in [6, 6.07) is 0. The molecule has 0 saturated carbocycles. The lowest BCUT2D eigenvalue weighted by molar-refractivity contribution is -0.140. The summed E-state index contributed by atoms with van der Waals surface area (Å²) in [6.07, 6.45) is 1.97. The third kappa shape index (κ3) is 10.0. The third-order valence-corrected chi connectivity index (χ3v) is 2.49. The summed E-state index contributed by atoms with van der Waals surface area (Å²) in [5.41, 5.74) is 0. The Morgan fingerprint density at radius 3 is 2.56 bits per heavy atom. The summed E-state index contributed by atoms with van der Waals surface area (Å²) < 4.78 is 4.51. The molecule has 0 aliphatic carbocycles. The first-order valence-corrected chi connectivity index (χ1v) is 6.26. The maximum atomic E-state index is 11.5. The van der Waals surface area contributed by atoms with Crippen LogP contribution in [0.1, 0.15) is 19.3 Å². The van der Waals surface area contributed by atoms with E-state index in [1.54, 1.807) is 0 Å². The van der Waals surface area contributed by atoms with E-state index >= 15 is 0 Å². The Morgan fingerprint density at radius 1 is 1.22 bits per heavy atom. The molecule has 0 atom stereocenters. The number of nitrogens with one attached hydrogen (secondary N) is 2. The van der Waals surface area contributed by atoms with E-state index in [4.69, 9.17) is 0 Å². The minimum Gasteiger partial charge on any atom is -0.469 e. The van der Waals surface area contributed by atoms with Gasteiger partial charge in [-0.1, -0.05) is 0 Å². The SMILES string of the molecule is CNCCCN(C)CC(=O)NCCCC(=O)OC. The van der Waals surface area contributed by atoms with E-state index < -0.39 is 0 Å². The Hall–Kier alpha value is -1.14. The minimum absolute atomic E-state index is 0.00757. The highest BCUT2D eigenvalue weighted by Gasteiger charge is 2.06. The van der Waals surface area contributed by atoms with Gasteiger partial charge < -0.3 is 15.4 Å². The van der Waals surface area contributed by atoms with Crippen LogP contribution in [0, 0.1) is 0 Å². The number of methoxy groups -OCH3 is 1. The molecule has 106 valence electrons. The maximum absolute atomic E-state index is 11.5. The zero-order valence-corrected chi connectivity index (χ0v) is 11.6. The van der Waals surface area contributed by atoms with Crippen LogP contribution in [0.4, 0.5) is 0 Å². The van der Waals surface area contributed by atoms with E-state index in [0.717, 1.165) is 19.5 Å². The van der Waals surface area contributed by atoms with Crippen LogP contribution in [0.25, 0.3) is 0 Å². The van der Waals surface area contributed by atoms with Crippen LogP contribution in [-0.2, 0) is 14.3 Å². The third-order valence-electron chi connectivity index (χ3n) is 2.49. The average molecular weight is 259 g/mol. The van der Waals surface area contributed by atoms with Crippen molar-refractivity contribution in [1.29, 1.82) is 0 Å². The van der Waals surface area contributed by atoms with Gasteiger partial charge in [0.05, 0.1) is 13.7 Å². The van der Waals surface area contributed by atoms with Gasteiger partial charge in [0, 0.05) is 13.0 Å². The van der Waals surface area contributed by atoms with Crippen LogP contribution < -0.4 is 10.6 Å². The van der Waals surface area contributed by atoms with Gasteiger partial charge in [-0.3, -0.25) is 14.5 Å². The molecule has 0 unspecified atom stereocenters. The Morgan fingerprint density at radius 2 is 1.94 bits per heavy atom. The van der Waals surface area contributed by atoms with Crippen molar-refractivity contribution in [3.05, 3.63) is 0 Å². The van der Waals surface area contributed by atoms with Crippen molar-refractivity contribution < 1.29 is 14.3 Å². The van der Waals surface area contributed by atoms with Gasteiger partial charge in [-0.15, -0.1) is 0 Å². The van der Waals surface area contributed by atoms with Crippen molar-refractivity contribution >= 4 is 11.9 Å². The van der Waals surface area contributed by atoms with E-state index in [-0.39, 0.29) is 11.9 Å². The lowest BCUT2D eigenvalue weighted by Crippen LogP contribution is -2.36. The molecule has 0 aromatic rings. The maximum Gasteiger partial charge on any atom is 0.305 e. The molecule has 0 rings (SSSR count). The van der Waals surface area contributed by atoms with Crippen LogP contribution in [0.15, 0.2) is 0 Å². The lowest BCUT2D eigenvalue weighted by atomic mass is 10.3. The number of amides is 1. The molecule has 6 heteroatoms. The van der Waals surface area contributed by atoms with E-state index in [2.05, 4.69) is 15.4 Å². The summed E-state index contributed by atoms with van der Waals surface area (Å²) in [6.45, 7) is 2.74. The van der Waals surface area contributed by atoms with E-state index in [9.17, 15) is 9.59 Å². The molecule has 0 aliphatic rings. The molecule has 0 bridgehead atoms. The zero-order chi connectivity index (χ0) is 13.8. The predicted molar refractivity (Wildman–Crippen MR) is 70.3 cm³/mol. The number of ether oxygens (including phenoxy) is 1. The summed E-state index contributed by atoms with van der Waals surface area (Å²) in [4.78, 5) is 24.3. The molecule has 0 radical (unpaired) electrons. The second-order valence-corrected chi connectivity index (χ2v) is 4.22. The van der Waals surface area contributed by atoms with Crippen molar-refractivity contribution in [2.75, 3.05) is 47.4 Å². The first-order valence-electron chi connectivity index (χ1n) is 6.26. The van der Waals surface area contributed by atoms with Gasteiger partial charge in [-0.2, -0.15) is 0 Å². The van der Waals surface area contributed by atoms with Gasteiger partial charge in [0.15, 0.2) is 0 Å². The normalized spacial score (nSPS) is 10.4. The molecule has 0 aromatic carbocycles. The summed E-state index contributed by atoms with van der Waals surface area (Å²) in [5, 5.41) is 5.84. The van der Waals surface area contributed by atoms with Crippen molar-refractivity contribution in [2.45, 2.75) is 19.3 Å². The zero-order valence-electron chi connectivity index (χ0n) is 11.6. The largest absolute Gasteiger partial charge is 0.469 e. The number of esters is 1. The summed E-state index contributed by atoms with van der Waals surface area (Å²) in [5.74, 6) is -0.250. The van der Waals surface area contributed by atoms with Crippen LogP contribution in [-0.4, -0.2) is 64.2 Å². The Labute approximate surface area is 109 Å². The number of rotatable bonds is 10. The molecule has 0 aliphatic heterocycles. The molecule has 18 heavy (non-hydrogen) atoms. The van der Waals surface area contributed by atoms with Crippen LogP contribution in [0.2, 0.25) is 0 Å². The number of hydrogen-bond donors (Lipinski definition) is 2. The van der Waals surface area contributed by atoms with Gasteiger partial charge in [-0.05, 0) is 40.0 Å². The monoisotopic (exact) mass is 259 g/mol. The van der Waals surface area contributed by atoms with Gasteiger partial charge >= 0.3 is 5.97 Å². The smallest absolute Gasteiger partial charge is 0.305 e. The highest BCUT2D eigenvalue weighted by Crippen LogP contribution is 1.90. The van der Waals surface area contributed by atoms with Crippen molar-refractivity contribution in [2.24, 2.45) is 0 Å². The Balaban J connectivity index is 3.49. The van der Waals surface area contributed by atoms with E-state index in [0.29, 0.717) is 25.9 Å². The molecule has 2 N–H and O–H groups in total. The Bertz CT molecular complexity index is 247. The molecule has 6 nitrogen and oxygen atoms in total. The lowest BCUT2D eigenvalue weighted by Gasteiger charge is -2.15. The fraction of sp³-hybridized carbons (Fsp3) is 0.833. The second-order valence-electron chi connectivity index (χ2n) is 4.22. The van der Waals surface area contributed by atoms with E-state index in [1.807, 2.05) is 19.0 Å². The first kappa shape index (κ1) is 16.9. The molecule has 0 saturated heterocycles. The van der Waals surface area contributed by atoms with Gasteiger partial charge in [0.2, 0.25) is 5.91 Å². The summed E-state index contributed by atoms with van der Waals surface area (Å²) in [7, 11) is 5.19. The van der Waals surface area contributed by atoms with Crippen molar-refractivity contribution in [3.63, 3.8) is 0 Å². The number of hydrogen-bond acceptors (Lipinski definition) is 5. The van der Waals surface area contributed by atoms with E-state index in [1.165, 1.54) is 7.11 Å². The molecular weight excluding hydrogens is 234 g/mol. The Kier molecular flexibility index (Phi) is 10.3. The minimum atomic E-state index is -0.242. The number of likely N-dealkylation sites (N-methyl/N-ethyl adjacent to an activating group) is 1. The fourth-order valence-electron chi connectivity index (χ4n) is 1.47. The molecular formula is C12H25N3O3. The highest BCUT2D eigenvalue weighted by molar-refractivity contribution is 5.78. The molecule has 1 amide bonds. The van der Waals surface area contributed by atoms with Gasteiger partial charge in [-0.25, -0.2) is 0 Å². The topological polar surface area (TPSA) is 70.7 Å². The first-order chi connectivity index (χ1) is 8.60. The van der Waals surface area contributed by atoms with Gasteiger partial charge in [0.25, 0.3) is 0 Å². The van der Waals surface area contributed by atoms with Crippen molar-refractivity contribution in [1.82, 2.24) is 15.5 Å². The molecule has 0 fully saturated rings. The average Bonchev–Trinajstić information content (AvgIpc) is 2.34. The van der Waals surface area contributed by atoms with Crippen LogP contribution in [0.3, 0.4) is 0 Å². The predicted octanol–water partition coefficient (Wildman–Crippen LogP) is -0.403. The molecule has 0 heterocycles. The number of carbonyl (C=O) groups is 2. The summed E-state index contributed by atoms with van der Waals surface area (Å²) >= 11 is 0. The second kappa shape index (κ2) is 11.0. The molecule has 0 spiro atoms. The molecule has 0 aromatic heterocycles. The van der Waals surface area contributed by atoms with Gasteiger partial charge in [0.1, 0.15) is 0 Å². The highest BCUT2D eigenvalue weighted by atomic mass is 16.5. The quantitative estimate of drug-likeness (QED) is 0.412.